The molecule has 2 rings (SSSR count). The number of anilines is 1. The molecule has 0 aliphatic heterocycles. The first-order chi connectivity index (χ1) is 8.65. The molecule has 0 amide bonds. The van der Waals surface area contributed by atoms with Gasteiger partial charge in [0.15, 0.2) is 5.82 Å². The molecule has 1 N–H and O–H groups in total. The third-order valence-electron chi connectivity index (χ3n) is 2.64. The second-order valence-corrected chi connectivity index (χ2v) is 4.77. The topological polar surface area (TPSA) is 50.7 Å². The Morgan fingerprint density at radius 2 is 2.11 bits per heavy atom. The highest BCUT2D eigenvalue weighted by molar-refractivity contribution is 9.10. The Morgan fingerprint density at radius 3 is 2.72 bits per heavy atom. The van der Waals surface area contributed by atoms with Crippen LogP contribution in [0.25, 0.3) is 11.5 Å². The van der Waals surface area contributed by atoms with E-state index in [9.17, 15) is 0 Å². The summed E-state index contributed by atoms with van der Waals surface area (Å²) < 4.78 is 0.920. The fourth-order valence-electron chi connectivity index (χ4n) is 1.67. The summed E-state index contributed by atoms with van der Waals surface area (Å²) in [4.78, 5) is 13.4. The molecule has 2 heterocycles. The zero-order chi connectivity index (χ0) is 13.1. The quantitative estimate of drug-likeness (QED) is 0.946. The monoisotopic (exact) mass is 306 g/mol. The van der Waals surface area contributed by atoms with Gasteiger partial charge in [-0.25, -0.2) is 9.97 Å². The van der Waals surface area contributed by atoms with Gasteiger partial charge in [-0.1, -0.05) is 6.92 Å². The smallest absolute Gasteiger partial charge is 0.180 e. The van der Waals surface area contributed by atoms with Crippen LogP contribution in [0.5, 0.6) is 0 Å². The summed E-state index contributed by atoms with van der Waals surface area (Å²) in [5.41, 5.74) is 2.93. The predicted molar refractivity (Wildman–Crippen MR) is 76.6 cm³/mol. The molecule has 2 aromatic heterocycles. The molecule has 0 saturated carbocycles. The van der Waals surface area contributed by atoms with Crippen LogP contribution in [0.3, 0.4) is 0 Å². The van der Waals surface area contributed by atoms with E-state index < -0.39 is 0 Å². The summed E-state index contributed by atoms with van der Waals surface area (Å²) in [7, 11) is 1.85. The van der Waals surface area contributed by atoms with Crippen molar-refractivity contribution in [3.63, 3.8) is 0 Å². The van der Waals surface area contributed by atoms with Gasteiger partial charge in [0, 0.05) is 13.2 Å². The van der Waals surface area contributed by atoms with E-state index >= 15 is 0 Å². The molecule has 94 valence electrons. The Hall–Kier alpha value is -1.49. The average Bonchev–Trinajstić information content (AvgIpc) is 2.39. The summed E-state index contributed by atoms with van der Waals surface area (Å²) in [6.07, 6.45) is 2.62. The molecule has 0 aromatic carbocycles. The van der Waals surface area contributed by atoms with Gasteiger partial charge < -0.3 is 5.32 Å². The molecule has 0 unspecified atom stereocenters. The lowest BCUT2D eigenvalue weighted by Gasteiger charge is -2.09. The second kappa shape index (κ2) is 5.44. The van der Waals surface area contributed by atoms with Crippen molar-refractivity contribution in [2.45, 2.75) is 20.3 Å². The highest BCUT2D eigenvalue weighted by Crippen LogP contribution is 2.26. The number of halogens is 1. The maximum Gasteiger partial charge on any atom is 0.180 e. The molecule has 0 atom stereocenters. The van der Waals surface area contributed by atoms with Crippen molar-refractivity contribution in [3.8, 4) is 11.5 Å². The van der Waals surface area contributed by atoms with Gasteiger partial charge in [-0.15, -0.1) is 0 Å². The molecular weight excluding hydrogens is 292 g/mol. The predicted octanol–water partition coefficient (Wildman–Crippen LogP) is 3.21. The van der Waals surface area contributed by atoms with Crippen LogP contribution in [-0.2, 0) is 6.42 Å². The lowest BCUT2D eigenvalue weighted by atomic mass is 10.2. The SMILES string of the molecule is CCc1nc(-c2cc(C)ccn2)nc(NC)c1Br. The molecule has 0 bridgehead atoms. The van der Waals surface area contributed by atoms with E-state index in [-0.39, 0.29) is 0 Å². The highest BCUT2D eigenvalue weighted by Gasteiger charge is 2.12. The van der Waals surface area contributed by atoms with Crippen LogP contribution in [0, 0.1) is 6.92 Å². The zero-order valence-corrected chi connectivity index (χ0v) is 12.2. The van der Waals surface area contributed by atoms with Crippen LogP contribution in [0.4, 0.5) is 5.82 Å². The Morgan fingerprint density at radius 1 is 1.33 bits per heavy atom. The first-order valence-corrected chi connectivity index (χ1v) is 6.62. The van der Waals surface area contributed by atoms with Crippen LogP contribution in [0.15, 0.2) is 22.8 Å². The number of aromatic nitrogens is 3. The maximum absolute atomic E-state index is 4.55. The van der Waals surface area contributed by atoms with Gasteiger partial charge in [0.2, 0.25) is 0 Å². The number of nitrogens with zero attached hydrogens (tertiary/aromatic N) is 3. The van der Waals surface area contributed by atoms with Gasteiger partial charge >= 0.3 is 0 Å². The molecule has 5 heteroatoms. The van der Waals surface area contributed by atoms with Gasteiger partial charge in [-0.05, 0) is 47.0 Å². The molecule has 18 heavy (non-hydrogen) atoms. The van der Waals surface area contributed by atoms with E-state index in [1.54, 1.807) is 6.20 Å². The zero-order valence-electron chi connectivity index (χ0n) is 10.7. The van der Waals surface area contributed by atoms with Crippen LogP contribution < -0.4 is 5.32 Å². The van der Waals surface area contributed by atoms with Crippen molar-refractivity contribution in [2.24, 2.45) is 0 Å². The minimum atomic E-state index is 0.656. The fourth-order valence-corrected chi connectivity index (χ4v) is 2.32. The van der Waals surface area contributed by atoms with Crippen LogP contribution in [0.1, 0.15) is 18.2 Å². The molecule has 0 radical (unpaired) electrons. The molecule has 0 fully saturated rings. The maximum atomic E-state index is 4.55. The third kappa shape index (κ3) is 2.51. The third-order valence-corrected chi connectivity index (χ3v) is 3.47. The van der Waals surface area contributed by atoms with Gasteiger partial charge in [-0.2, -0.15) is 0 Å². The largest absolute Gasteiger partial charge is 0.372 e. The summed E-state index contributed by atoms with van der Waals surface area (Å²) in [5.74, 6) is 1.45. The van der Waals surface area contributed by atoms with Gasteiger partial charge in [0.1, 0.15) is 11.5 Å². The van der Waals surface area contributed by atoms with Gasteiger partial charge in [-0.3, -0.25) is 4.98 Å². The van der Waals surface area contributed by atoms with Crippen molar-refractivity contribution in [3.05, 3.63) is 34.1 Å². The summed E-state index contributed by atoms with van der Waals surface area (Å²) >= 11 is 3.51. The number of hydrogen-bond acceptors (Lipinski definition) is 4. The van der Waals surface area contributed by atoms with Gasteiger partial charge in [0.25, 0.3) is 0 Å². The molecule has 0 aliphatic carbocycles. The first kappa shape index (κ1) is 13.0. The lowest BCUT2D eigenvalue weighted by Crippen LogP contribution is -2.03. The first-order valence-electron chi connectivity index (χ1n) is 5.83. The van der Waals surface area contributed by atoms with E-state index in [4.69, 9.17) is 0 Å². The van der Waals surface area contributed by atoms with Crippen molar-refractivity contribution < 1.29 is 0 Å². The Bertz CT molecular complexity index is 544. The normalized spacial score (nSPS) is 10.4. The van der Waals surface area contributed by atoms with E-state index in [0.717, 1.165) is 33.7 Å². The molecule has 0 aliphatic rings. The Balaban J connectivity index is 2.58. The Labute approximate surface area is 115 Å². The standard InChI is InChI=1S/C13H15BrN4/c1-4-9-11(14)13(15-3)18-12(17-9)10-7-8(2)5-6-16-10/h5-7H,4H2,1-3H3,(H,15,17,18). The summed E-state index contributed by atoms with van der Waals surface area (Å²) in [6, 6.07) is 3.95. The van der Waals surface area contributed by atoms with E-state index in [0.29, 0.717) is 5.82 Å². The van der Waals surface area contributed by atoms with Gasteiger partial charge in [0.05, 0.1) is 10.2 Å². The van der Waals surface area contributed by atoms with E-state index in [2.05, 4.69) is 43.1 Å². The number of pyridine rings is 1. The minimum absolute atomic E-state index is 0.656. The molecular formula is C13H15BrN4. The summed E-state index contributed by atoms with van der Waals surface area (Å²) in [6.45, 7) is 4.10. The van der Waals surface area contributed by atoms with Crippen LogP contribution in [-0.4, -0.2) is 22.0 Å². The van der Waals surface area contributed by atoms with Crippen molar-refractivity contribution in [2.75, 3.05) is 12.4 Å². The van der Waals surface area contributed by atoms with Crippen LogP contribution in [0.2, 0.25) is 0 Å². The minimum Gasteiger partial charge on any atom is -0.372 e. The molecule has 0 saturated heterocycles. The lowest BCUT2D eigenvalue weighted by molar-refractivity contribution is 0.984. The van der Waals surface area contributed by atoms with E-state index in [1.807, 2.05) is 26.1 Å². The van der Waals surface area contributed by atoms with Crippen molar-refractivity contribution in [1.82, 2.24) is 15.0 Å². The van der Waals surface area contributed by atoms with Crippen LogP contribution >= 0.6 is 15.9 Å². The number of hydrogen-bond donors (Lipinski definition) is 1. The highest BCUT2D eigenvalue weighted by atomic mass is 79.9. The number of nitrogens with one attached hydrogen (secondary N) is 1. The number of aryl methyl sites for hydroxylation is 2. The molecule has 0 spiro atoms. The summed E-state index contributed by atoms with van der Waals surface area (Å²) in [5, 5.41) is 3.07. The average molecular weight is 307 g/mol. The Kier molecular flexibility index (Phi) is 3.91. The second-order valence-electron chi connectivity index (χ2n) is 3.98. The van der Waals surface area contributed by atoms with Crippen molar-refractivity contribution >= 4 is 21.7 Å². The van der Waals surface area contributed by atoms with Crippen molar-refractivity contribution in [1.29, 1.82) is 0 Å². The fraction of sp³-hybridized carbons (Fsp3) is 0.308. The molecule has 4 nitrogen and oxygen atoms in total. The molecule has 2 aromatic rings. The number of rotatable bonds is 3. The van der Waals surface area contributed by atoms with E-state index in [1.165, 1.54) is 0 Å².